The molecule has 1 aromatic carbocycles. The number of hydrogen-bond acceptors (Lipinski definition) is 4. The molecular formula is C24H24F2N6O. The van der Waals surface area contributed by atoms with Crippen molar-refractivity contribution in [3.8, 4) is 0 Å². The first-order valence-corrected chi connectivity index (χ1v) is 11.3. The Bertz CT molecular complexity index is 1390. The van der Waals surface area contributed by atoms with Crippen LogP contribution in [0.5, 0.6) is 0 Å². The number of hydrogen-bond donors (Lipinski definition) is 0. The van der Waals surface area contributed by atoms with Crippen molar-refractivity contribution < 1.29 is 13.6 Å². The van der Waals surface area contributed by atoms with E-state index in [1.807, 2.05) is 43.3 Å². The van der Waals surface area contributed by atoms with E-state index in [-0.39, 0.29) is 35.4 Å². The third-order valence-electron chi connectivity index (χ3n) is 7.37. The summed E-state index contributed by atoms with van der Waals surface area (Å²) in [4.78, 5) is 23.8. The molecule has 0 aliphatic carbocycles. The average Bonchev–Trinajstić information content (AvgIpc) is 3.49. The van der Waals surface area contributed by atoms with Crippen molar-refractivity contribution in [2.75, 3.05) is 0 Å². The zero-order valence-electron chi connectivity index (χ0n) is 18.4. The highest BCUT2D eigenvalue weighted by Gasteiger charge is 2.46. The summed E-state index contributed by atoms with van der Waals surface area (Å²) in [5.41, 5.74) is 3.22. The first kappa shape index (κ1) is 20.3. The van der Waals surface area contributed by atoms with Gasteiger partial charge in [0.1, 0.15) is 12.0 Å². The summed E-state index contributed by atoms with van der Waals surface area (Å²) in [5, 5.41) is 5.29. The molecule has 9 heteroatoms. The number of benzene rings is 1. The van der Waals surface area contributed by atoms with Crippen LogP contribution in [0.1, 0.15) is 65.3 Å². The third-order valence-corrected chi connectivity index (χ3v) is 7.37. The maximum atomic E-state index is 13.8. The van der Waals surface area contributed by atoms with Crippen molar-refractivity contribution in [3.63, 3.8) is 0 Å². The second kappa shape index (κ2) is 7.33. The van der Waals surface area contributed by atoms with Gasteiger partial charge in [0.15, 0.2) is 0 Å². The number of nitrogens with zero attached hydrogens (tertiary/aromatic N) is 6. The zero-order valence-corrected chi connectivity index (χ0v) is 18.4. The van der Waals surface area contributed by atoms with Crippen molar-refractivity contribution in [3.05, 3.63) is 59.3 Å². The lowest BCUT2D eigenvalue weighted by Gasteiger charge is -2.40. The van der Waals surface area contributed by atoms with Gasteiger partial charge in [0.05, 0.1) is 11.2 Å². The molecule has 0 saturated carbocycles. The van der Waals surface area contributed by atoms with E-state index in [4.69, 9.17) is 0 Å². The standard InChI is InChI=1S/C24H24F2N6O/c1-13-9-15(10-14-7-8-30(2)21(13)14)23(33)31-16-3-5-17(19(31)6-4-16)20-11-18(22(25)26)29-24-27-12-28-32(20)24/h7-12,16-17,19,22H,3-6H2,1-2H3/t16-,17-,19-/m0/s1. The Hall–Kier alpha value is -3.36. The Labute approximate surface area is 189 Å². The van der Waals surface area contributed by atoms with Gasteiger partial charge in [-0.3, -0.25) is 4.79 Å². The van der Waals surface area contributed by atoms with Gasteiger partial charge < -0.3 is 9.47 Å². The van der Waals surface area contributed by atoms with Crippen LogP contribution in [-0.4, -0.2) is 47.0 Å². The molecule has 0 unspecified atom stereocenters. The number of alkyl halides is 2. The van der Waals surface area contributed by atoms with Gasteiger partial charge in [-0.05, 0) is 62.4 Å². The molecule has 0 N–H and O–H groups in total. The van der Waals surface area contributed by atoms with Gasteiger partial charge in [-0.2, -0.15) is 10.1 Å². The molecule has 2 saturated heterocycles. The summed E-state index contributed by atoms with van der Waals surface area (Å²) in [5.74, 6) is 0.0870. The van der Waals surface area contributed by atoms with Crippen molar-refractivity contribution in [2.24, 2.45) is 7.05 Å². The van der Waals surface area contributed by atoms with Crippen LogP contribution < -0.4 is 0 Å². The minimum absolute atomic E-state index is 0.0130. The van der Waals surface area contributed by atoms with Crippen LogP contribution in [0.4, 0.5) is 8.78 Å². The first-order chi connectivity index (χ1) is 15.9. The average molecular weight is 450 g/mol. The first-order valence-electron chi connectivity index (χ1n) is 11.3. The monoisotopic (exact) mass is 450 g/mol. The normalized spacial score (nSPS) is 22.7. The highest BCUT2D eigenvalue weighted by atomic mass is 19.3. The zero-order chi connectivity index (χ0) is 22.9. The molecule has 2 aliphatic rings. The van der Waals surface area contributed by atoms with E-state index in [9.17, 15) is 13.6 Å². The van der Waals surface area contributed by atoms with Gasteiger partial charge in [-0.1, -0.05) is 0 Å². The molecular weight excluding hydrogens is 426 g/mol. The van der Waals surface area contributed by atoms with Gasteiger partial charge in [0.25, 0.3) is 18.1 Å². The van der Waals surface area contributed by atoms with Crippen molar-refractivity contribution in [1.82, 2.24) is 29.0 Å². The molecule has 0 radical (unpaired) electrons. The quantitative estimate of drug-likeness (QED) is 0.464. The molecule has 3 aromatic heterocycles. The van der Waals surface area contributed by atoms with Gasteiger partial charge in [-0.15, -0.1) is 0 Å². The highest BCUT2D eigenvalue weighted by molar-refractivity contribution is 5.99. The van der Waals surface area contributed by atoms with E-state index in [0.717, 1.165) is 42.1 Å². The van der Waals surface area contributed by atoms with Crippen molar-refractivity contribution in [2.45, 2.75) is 57.0 Å². The molecule has 170 valence electrons. The fourth-order valence-electron chi connectivity index (χ4n) is 6.00. The van der Waals surface area contributed by atoms with Crippen LogP contribution in [0.25, 0.3) is 16.7 Å². The van der Waals surface area contributed by atoms with E-state index in [1.54, 1.807) is 4.52 Å². The van der Waals surface area contributed by atoms with Gasteiger partial charge >= 0.3 is 0 Å². The van der Waals surface area contributed by atoms with Crippen molar-refractivity contribution in [1.29, 1.82) is 0 Å². The lowest BCUT2D eigenvalue weighted by molar-refractivity contribution is 0.0554. The molecule has 3 atom stereocenters. The molecule has 1 amide bonds. The van der Waals surface area contributed by atoms with Crippen molar-refractivity contribution >= 4 is 22.6 Å². The SMILES string of the molecule is Cc1cc(C(=O)N2[C@H]3CC[C@H](c4cc(C(F)F)nc5ncnn45)[C@@H]2CC3)cc2ccn(C)c12. The van der Waals surface area contributed by atoms with Gasteiger partial charge in [0, 0.05) is 42.2 Å². The van der Waals surface area contributed by atoms with Gasteiger partial charge in [0.2, 0.25) is 0 Å². The Balaban J connectivity index is 1.40. The van der Waals surface area contributed by atoms with Crippen LogP contribution in [-0.2, 0) is 7.05 Å². The summed E-state index contributed by atoms with van der Waals surface area (Å²) in [6.45, 7) is 2.02. The van der Waals surface area contributed by atoms with E-state index >= 15 is 0 Å². The van der Waals surface area contributed by atoms with E-state index in [1.165, 1.54) is 12.4 Å². The highest BCUT2D eigenvalue weighted by Crippen LogP contribution is 2.45. The smallest absolute Gasteiger partial charge is 0.280 e. The number of carbonyl (C=O) groups is 1. The number of fused-ring (bicyclic) bond motifs is 4. The summed E-state index contributed by atoms with van der Waals surface area (Å²) in [6, 6.07) is 7.50. The Morgan fingerprint density at radius 2 is 1.97 bits per heavy atom. The van der Waals surface area contributed by atoms with Crippen LogP contribution in [0.2, 0.25) is 0 Å². The predicted molar refractivity (Wildman–Crippen MR) is 118 cm³/mol. The molecule has 5 heterocycles. The topological polar surface area (TPSA) is 68.3 Å². The van der Waals surface area contributed by atoms with Crippen LogP contribution in [0.3, 0.4) is 0 Å². The second-order valence-corrected chi connectivity index (χ2v) is 9.23. The van der Waals surface area contributed by atoms with Gasteiger partial charge in [-0.25, -0.2) is 18.3 Å². The maximum absolute atomic E-state index is 13.8. The lowest BCUT2D eigenvalue weighted by Crippen LogP contribution is -2.47. The van der Waals surface area contributed by atoms with Crippen LogP contribution >= 0.6 is 0 Å². The largest absolute Gasteiger partial charge is 0.350 e. The third kappa shape index (κ3) is 3.05. The number of carbonyl (C=O) groups excluding carboxylic acids is 1. The van der Waals surface area contributed by atoms with E-state index in [2.05, 4.69) is 19.6 Å². The molecule has 7 nitrogen and oxygen atoms in total. The fourth-order valence-corrected chi connectivity index (χ4v) is 6.00. The molecule has 0 spiro atoms. The minimum atomic E-state index is -2.69. The Kier molecular flexibility index (Phi) is 4.50. The second-order valence-electron chi connectivity index (χ2n) is 9.23. The fraction of sp³-hybridized carbons (Fsp3) is 0.417. The summed E-state index contributed by atoms with van der Waals surface area (Å²) < 4.78 is 30.7. The Morgan fingerprint density at radius 3 is 2.79 bits per heavy atom. The summed E-state index contributed by atoms with van der Waals surface area (Å²) in [7, 11) is 2.00. The molecule has 4 aromatic rings. The lowest BCUT2D eigenvalue weighted by atomic mass is 9.86. The number of amides is 1. The number of piperidine rings is 1. The van der Waals surface area contributed by atoms with Crippen LogP contribution in [0.15, 0.2) is 36.8 Å². The summed E-state index contributed by atoms with van der Waals surface area (Å²) >= 11 is 0. The van der Waals surface area contributed by atoms with E-state index < -0.39 is 6.43 Å². The molecule has 6 rings (SSSR count). The molecule has 2 aliphatic heterocycles. The minimum Gasteiger partial charge on any atom is -0.350 e. The molecule has 2 fully saturated rings. The molecule has 2 bridgehead atoms. The Morgan fingerprint density at radius 1 is 1.15 bits per heavy atom. The number of rotatable bonds is 3. The number of aryl methyl sites for hydroxylation is 2. The van der Waals surface area contributed by atoms with E-state index in [0.29, 0.717) is 11.3 Å². The predicted octanol–water partition coefficient (Wildman–Crippen LogP) is 4.41. The molecule has 33 heavy (non-hydrogen) atoms. The maximum Gasteiger partial charge on any atom is 0.280 e. The number of aromatic nitrogens is 5. The summed E-state index contributed by atoms with van der Waals surface area (Å²) in [6.07, 6.45) is 4.06. The number of halogens is 2. The van der Waals surface area contributed by atoms with Crippen LogP contribution in [0, 0.1) is 6.92 Å².